The Hall–Kier alpha value is -3.05. The predicted octanol–water partition coefficient (Wildman–Crippen LogP) is 4.74. The standard InChI is InChI=1S/C19H16ClN3O2/c1-25-18-4-2-3-16(10-18)22-17-9-13(11-21-12-17)19(24)23-15-7-5-14(20)6-8-15/h2-12,22H,1H3,(H,23,24). The molecule has 1 heterocycles. The highest BCUT2D eigenvalue weighted by molar-refractivity contribution is 6.30. The number of amides is 1. The fraction of sp³-hybridized carbons (Fsp3) is 0.0526. The molecule has 0 aliphatic carbocycles. The predicted molar refractivity (Wildman–Crippen MR) is 99.9 cm³/mol. The third kappa shape index (κ3) is 4.49. The van der Waals surface area contributed by atoms with E-state index in [1.807, 2.05) is 24.3 Å². The number of methoxy groups -OCH3 is 1. The molecular weight excluding hydrogens is 338 g/mol. The average molecular weight is 354 g/mol. The van der Waals surface area contributed by atoms with Crippen molar-refractivity contribution in [2.45, 2.75) is 0 Å². The molecule has 0 fully saturated rings. The highest BCUT2D eigenvalue weighted by Gasteiger charge is 2.08. The minimum Gasteiger partial charge on any atom is -0.497 e. The molecule has 0 radical (unpaired) electrons. The number of anilines is 3. The average Bonchev–Trinajstić information content (AvgIpc) is 2.64. The number of nitrogens with zero attached hydrogens (tertiary/aromatic N) is 1. The van der Waals surface area contributed by atoms with E-state index in [2.05, 4.69) is 15.6 Å². The quantitative estimate of drug-likeness (QED) is 0.695. The van der Waals surface area contributed by atoms with E-state index < -0.39 is 0 Å². The summed E-state index contributed by atoms with van der Waals surface area (Å²) >= 11 is 5.84. The van der Waals surface area contributed by atoms with Crippen LogP contribution in [0.25, 0.3) is 0 Å². The van der Waals surface area contributed by atoms with Gasteiger partial charge in [0, 0.05) is 28.7 Å². The third-order valence-electron chi connectivity index (χ3n) is 3.46. The van der Waals surface area contributed by atoms with Crippen LogP contribution < -0.4 is 15.4 Å². The third-order valence-corrected chi connectivity index (χ3v) is 3.71. The van der Waals surface area contributed by atoms with E-state index in [-0.39, 0.29) is 5.91 Å². The molecule has 2 aromatic carbocycles. The Kier molecular flexibility index (Phi) is 5.16. The first-order chi connectivity index (χ1) is 12.1. The maximum Gasteiger partial charge on any atom is 0.257 e. The second-order valence-corrected chi connectivity index (χ2v) is 5.72. The first-order valence-electron chi connectivity index (χ1n) is 7.57. The molecule has 0 bridgehead atoms. The Balaban J connectivity index is 1.74. The number of hydrogen-bond donors (Lipinski definition) is 2. The Morgan fingerprint density at radius 1 is 1.00 bits per heavy atom. The molecule has 0 saturated carbocycles. The van der Waals surface area contributed by atoms with Gasteiger partial charge >= 0.3 is 0 Å². The fourth-order valence-electron chi connectivity index (χ4n) is 2.24. The van der Waals surface area contributed by atoms with Gasteiger partial charge in [-0.15, -0.1) is 0 Å². The zero-order chi connectivity index (χ0) is 17.6. The SMILES string of the molecule is COc1cccc(Nc2cncc(C(=O)Nc3ccc(Cl)cc3)c2)c1. The van der Waals surface area contributed by atoms with Crippen LogP contribution in [0.5, 0.6) is 5.75 Å². The number of aromatic nitrogens is 1. The maximum absolute atomic E-state index is 12.4. The Labute approximate surface area is 150 Å². The van der Waals surface area contributed by atoms with Crippen molar-refractivity contribution in [3.05, 3.63) is 77.6 Å². The molecule has 3 aromatic rings. The number of pyridine rings is 1. The summed E-state index contributed by atoms with van der Waals surface area (Å²) in [5.74, 6) is 0.499. The number of rotatable bonds is 5. The van der Waals surface area contributed by atoms with Crippen molar-refractivity contribution in [1.82, 2.24) is 4.98 Å². The number of carbonyl (C=O) groups excluding carboxylic acids is 1. The van der Waals surface area contributed by atoms with Gasteiger partial charge in [-0.1, -0.05) is 17.7 Å². The van der Waals surface area contributed by atoms with Crippen molar-refractivity contribution in [2.24, 2.45) is 0 Å². The summed E-state index contributed by atoms with van der Waals surface area (Å²) in [7, 11) is 1.61. The molecular formula is C19H16ClN3O2. The van der Waals surface area contributed by atoms with E-state index in [1.54, 1.807) is 43.6 Å². The van der Waals surface area contributed by atoms with Crippen LogP contribution in [0, 0.1) is 0 Å². The second kappa shape index (κ2) is 7.68. The summed E-state index contributed by atoms with van der Waals surface area (Å²) in [6.45, 7) is 0. The number of hydrogen-bond acceptors (Lipinski definition) is 4. The van der Waals surface area contributed by atoms with Gasteiger partial charge in [0.15, 0.2) is 0 Å². The second-order valence-electron chi connectivity index (χ2n) is 5.28. The molecule has 1 amide bonds. The van der Waals surface area contributed by atoms with Gasteiger partial charge in [0.25, 0.3) is 5.91 Å². The zero-order valence-electron chi connectivity index (χ0n) is 13.5. The first kappa shape index (κ1) is 16.8. The minimum absolute atomic E-state index is 0.246. The van der Waals surface area contributed by atoms with Crippen molar-refractivity contribution >= 4 is 34.6 Å². The molecule has 2 N–H and O–H groups in total. The number of benzene rings is 2. The molecule has 6 heteroatoms. The molecule has 0 saturated heterocycles. The summed E-state index contributed by atoms with van der Waals surface area (Å²) in [5.41, 5.74) is 2.66. The lowest BCUT2D eigenvalue weighted by Gasteiger charge is -2.10. The topological polar surface area (TPSA) is 63.2 Å². The van der Waals surface area contributed by atoms with Gasteiger partial charge in [-0.05, 0) is 42.5 Å². The molecule has 0 atom stereocenters. The van der Waals surface area contributed by atoms with Gasteiger partial charge in [-0.25, -0.2) is 0 Å². The molecule has 126 valence electrons. The van der Waals surface area contributed by atoms with E-state index >= 15 is 0 Å². The summed E-state index contributed by atoms with van der Waals surface area (Å²) < 4.78 is 5.20. The molecule has 0 spiro atoms. The number of carbonyl (C=O) groups is 1. The highest BCUT2D eigenvalue weighted by Crippen LogP contribution is 2.22. The summed E-state index contributed by atoms with van der Waals surface area (Å²) in [6.07, 6.45) is 3.17. The molecule has 1 aromatic heterocycles. The summed E-state index contributed by atoms with van der Waals surface area (Å²) in [5, 5.41) is 6.63. The minimum atomic E-state index is -0.246. The molecule has 0 aliphatic heterocycles. The van der Waals surface area contributed by atoms with E-state index in [0.29, 0.717) is 22.0 Å². The van der Waals surface area contributed by atoms with Crippen molar-refractivity contribution in [3.8, 4) is 5.75 Å². The molecule has 5 nitrogen and oxygen atoms in total. The van der Waals surface area contributed by atoms with Gasteiger partial charge in [-0.2, -0.15) is 0 Å². The van der Waals surface area contributed by atoms with Crippen LogP contribution in [0.4, 0.5) is 17.1 Å². The van der Waals surface area contributed by atoms with E-state index in [4.69, 9.17) is 16.3 Å². The van der Waals surface area contributed by atoms with E-state index in [1.165, 1.54) is 6.20 Å². The van der Waals surface area contributed by atoms with Crippen molar-refractivity contribution in [3.63, 3.8) is 0 Å². The van der Waals surface area contributed by atoms with Crippen molar-refractivity contribution < 1.29 is 9.53 Å². The molecule has 3 rings (SSSR count). The summed E-state index contributed by atoms with van der Waals surface area (Å²) in [4.78, 5) is 16.5. The van der Waals surface area contributed by atoms with Crippen LogP contribution in [0.15, 0.2) is 67.0 Å². The van der Waals surface area contributed by atoms with Crippen LogP contribution in [0.1, 0.15) is 10.4 Å². The fourth-order valence-corrected chi connectivity index (χ4v) is 2.36. The monoisotopic (exact) mass is 353 g/mol. The molecule has 0 aliphatic rings. The zero-order valence-corrected chi connectivity index (χ0v) is 14.2. The molecule has 25 heavy (non-hydrogen) atoms. The maximum atomic E-state index is 12.4. The van der Waals surface area contributed by atoms with Crippen LogP contribution in [-0.4, -0.2) is 18.0 Å². The highest BCUT2D eigenvalue weighted by atomic mass is 35.5. The van der Waals surface area contributed by atoms with Crippen LogP contribution in [-0.2, 0) is 0 Å². The lowest BCUT2D eigenvalue weighted by Crippen LogP contribution is -2.12. The number of halogens is 1. The van der Waals surface area contributed by atoms with Crippen molar-refractivity contribution in [1.29, 1.82) is 0 Å². The van der Waals surface area contributed by atoms with Gasteiger partial charge in [0.05, 0.1) is 24.6 Å². The Morgan fingerprint density at radius 3 is 2.56 bits per heavy atom. The lowest BCUT2D eigenvalue weighted by atomic mass is 10.2. The van der Waals surface area contributed by atoms with Gasteiger partial charge in [0.2, 0.25) is 0 Å². The van der Waals surface area contributed by atoms with Crippen molar-refractivity contribution in [2.75, 3.05) is 17.7 Å². The number of nitrogens with one attached hydrogen (secondary N) is 2. The largest absolute Gasteiger partial charge is 0.497 e. The molecule has 0 unspecified atom stereocenters. The lowest BCUT2D eigenvalue weighted by molar-refractivity contribution is 0.102. The smallest absolute Gasteiger partial charge is 0.257 e. The van der Waals surface area contributed by atoms with Gasteiger partial charge in [-0.3, -0.25) is 9.78 Å². The van der Waals surface area contributed by atoms with Gasteiger partial charge < -0.3 is 15.4 Å². The van der Waals surface area contributed by atoms with Crippen LogP contribution in [0.3, 0.4) is 0 Å². The summed E-state index contributed by atoms with van der Waals surface area (Å²) in [6, 6.07) is 16.2. The van der Waals surface area contributed by atoms with E-state index in [0.717, 1.165) is 11.4 Å². The van der Waals surface area contributed by atoms with Crippen LogP contribution >= 0.6 is 11.6 Å². The Morgan fingerprint density at radius 2 is 1.80 bits per heavy atom. The van der Waals surface area contributed by atoms with E-state index in [9.17, 15) is 4.79 Å². The number of ether oxygens (including phenoxy) is 1. The first-order valence-corrected chi connectivity index (χ1v) is 7.95. The van der Waals surface area contributed by atoms with Gasteiger partial charge in [0.1, 0.15) is 5.75 Å². The normalized spacial score (nSPS) is 10.2. The Bertz CT molecular complexity index is 882. The van der Waals surface area contributed by atoms with Crippen LogP contribution in [0.2, 0.25) is 5.02 Å².